The molecule has 0 aromatic heterocycles. The maximum atomic E-state index is 13.0. The number of rotatable bonds is 5. The summed E-state index contributed by atoms with van der Waals surface area (Å²) in [6.07, 6.45) is -1.11. The number of nitrogens with one attached hydrogen (secondary N) is 1. The van der Waals surface area contributed by atoms with E-state index >= 15 is 0 Å². The molecule has 2 atom stereocenters. The van der Waals surface area contributed by atoms with E-state index in [0.29, 0.717) is 13.1 Å². The molecule has 6 heteroatoms. The van der Waals surface area contributed by atoms with E-state index < -0.39 is 6.10 Å². The predicted octanol–water partition coefficient (Wildman–Crippen LogP) is 2.76. The second-order valence-corrected chi connectivity index (χ2v) is 7.50. The first-order valence-electron chi connectivity index (χ1n) is 8.60. The number of ether oxygens (including phenoxy) is 1. The van der Waals surface area contributed by atoms with Crippen molar-refractivity contribution in [3.05, 3.63) is 53.6 Å². The molecule has 0 bridgehead atoms. The summed E-state index contributed by atoms with van der Waals surface area (Å²) in [5.41, 5.74) is 2.89. The van der Waals surface area contributed by atoms with E-state index in [1.165, 1.54) is 11.8 Å². The van der Waals surface area contributed by atoms with Crippen molar-refractivity contribution < 1.29 is 14.6 Å². The average Bonchev–Trinajstić information content (AvgIpc) is 2.76. The minimum absolute atomic E-state index is 0.267. The lowest BCUT2D eigenvalue weighted by Crippen LogP contribution is -2.43. The number of amides is 1. The number of methoxy groups -OCH3 is 1. The number of hydrogen-bond donors (Lipinski definition) is 2. The zero-order valence-corrected chi connectivity index (χ0v) is 16.0. The third-order valence-corrected chi connectivity index (χ3v) is 5.86. The van der Waals surface area contributed by atoms with Crippen LogP contribution >= 0.6 is 11.8 Å². The van der Waals surface area contributed by atoms with Crippen LogP contribution in [0.25, 0.3) is 0 Å². The topological polar surface area (TPSA) is 61.8 Å². The predicted molar refractivity (Wildman–Crippen MR) is 105 cm³/mol. The number of fused-ring (bicyclic) bond motifs is 1. The molecule has 0 aliphatic carbocycles. The third-order valence-electron chi connectivity index (χ3n) is 4.50. The summed E-state index contributed by atoms with van der Waals surface area (Å²) in [5.74, 6) is 0.483. The molecule has 1 aliphatic rings. The number of nitrogens with zero attached hydrogens (tertiary/aromatic N) is 1. The van der Waals surface area contributed by atoms with Gasteiger partial charge in [-0.05, 0) is 49.4 Å². The zero-order chi connectivity index (χ0) is 18.7. The van der Waals surface area contributed by atoms with E-state index in [0.717, 1.165) is 27.5 Å². The lowest BCUT2D eigenvalue weighted by molar-refractivity contribution is -0.126. The van der Waals surface area contributed by atoms with Gasteiger partial charge in [0.1, 0.15) is 11.9 Å². The summed E-state index contributed by atoms with van der Waals surface area (Å²) < 4.78 is 5.21. The van der Waals surface area contributed by atoms with Gasteiger partial charge < -0.3 is 20.1 Å². The monoisotopic (exact) mass is 372 g/mol. The first-order chi connectivity index (χ1) is 12.5. The van der Waals surface area contributed by atoms with Gasteiger partial charge in [0.25, 0.3) is 5.91 Å². The van der Waals surface area contributed by atoms with Crippen LogP contribution in [0.15, 0.2) is 47.4 Å². The molecule has 0 saturated carbocycles. The number of benzene rings is 2. The molecule has 0 fully saturated rings. The third kappa shape index (κ3) is 3.72. The van der Waals surface area contributed by atoms with Crippen molar-refractivity contribution in [2.75, 3.05) is 32.1 Å². The molecule has 5 nitrogen and oxygen atoms in total. The molecule has 1 amide bonds. The Hall–Kier alpha value is -2.02. The van der Waals surface area contributed by atoms with Crippen LogP contribution in [-0.4, -0.2) is 44.4 Å². The van der Waals surface area contributed by atoms with Crippen LogP contribution in [0.4, 0.5) is 5.69 Å². The lowest BCUT2D eigenvalue weighted by Gasteiger charge is -2.25. The van der Waals surface area contributed by atoms with Crippen molar-refractivity contribution in [2.24, 2.45) is 0 Å². The SMILES string of the molecule is CNCCN1C(=O)C(O)C(c2ccc(OC)cc2)Sc2cc(C)ccc21. The highest BCUT2D eigenvalue weighted by molar-refractivity contribution is 7.99. The quantitative estimate of drug-likeness (QED) is 0.845. The lowest BCUT2D eigenvalue weighted by atomic mass is 10.1. The smallest absolute Gasteiger partial charge is 0.257 e. The Balaban J connectivity index is 2.02. The number of hydrogen-bond acceptors (Lipinski definition) is 5. The number of aliphatic hydroxyl groups excluding tert-OH is 1. The maximum Gasteiger partial charge on any atom is 0.257 e. The fourth-order valence-electron chi connectivity index (χ4n) is 3.05. The molecule has 0 saturated heterocycles. The summed E-state index contributed by atoms with van der Waals surface area (Å²) in [5, 5.41) is 13.6. The standard InChI is InChI=1S/C20H24N2O3S/c1-13-4-9-16-17(12-13)26-19(14-5-7-15(25-3)8-6-14)18(23)20(24)22(16)11-10-21-2/h4-9,12,18-19,21,23H,10-11H2,1-3H3. The van der Waals surface area contributed by atoms with Gasteiger partial charge in [-0.15, -0.1) is 11.8 Å². The van der Waals surface area contributed by atoms with Crippen LogP contribution in [0, 0.1) is 6.92 Å². The Morgan fingerprint density at radius 3 is 2.62 bits per heavy atom. The molecular formula is C20H24N2O3S. The molecule has 26 heavy (non-hydrogen) atoms. The molecule has 1 aliphatic heterocycles. The number of anilines is 1. The van der Waals surface area contributed by atoms with Crippen molar-refractivity contribution in [1.29, 1.82) is 0 Å². The van der Waals surface area contributed by atoms with Crippen LogP contribution in [-0.2, 0) is 4.79 Å². The van der Waals surface area contributed by atoms with Gasteiger partial charge in [0.2, 0.25) is 0 Å². The van der Waals surface area contributed by atoms with Gasteiger partial charge in [-0.1, -0.05) is 18.2 Å². The van der Waals surface area contributed by atoms with E-state index in [2.05, 4.69) is 11.4 Å². The van der Waals surface area contributed by atoms with Crippen molar-refractivity contribution in [1.82, 2.24) is 5.32 Å². The number of aliphatic hydroxyl groups is 1. The molecule has 0 radical (unpaired) electrons. The summed E-state index contributed by atoms with van der Waals surface area (Å²) >= 11 is 1.53. The second kappa shape index (κ2) is 8.12. The minimum Gasteiger partial charge on any atom is -0.497 e. The number of thioether (sulfide) groups is 1. The second-order valence-electron chi connectivity index (χ2n) is 6.32. The van der Waals surface area contributed by atoms with Crippen LogP contribution in [0.5, 0.6) is 5.75 Å². The molecule has 138 valence electrons. The molecule has 2 aromatic rings. The van der Waals surface area contributed by atoms with E-state index in [1.54, 1.807) is 12.0 Å². The normalized spacial score (nSPS) is 19.8. The average molecular weight is 372 g/mol. The van der Waals surface area contributed by atoms with E-state index in [9.17, 15) is 9.90 Å². The molecule has 2 N–H and O–H groups in total. The molecule has 2 unspecified atom stereocenters. The van der Waals surface area contributed by atoms with E-state index in [-0.39, 0.29) is 11.2 Å². The Labute approximate surface area is 158 Å². The maximum absolute atomic E-state index is 13.0. The summed E-state index contributed by atoms with van der Waals surface area (Å²) in [7, 11) is 3.47. The van der Waals surface area contributed by atoms with Crippen molar-refractivity contribution in [3.8, 4) is 5.75 Å². The molecule has 2 aromatic carbocycles. The number of aryl methyl sites for hydroxylation is 1. The summed E-state index contributed by atoms with van der Waals surface area (Å²) in [4.78, 5) is 15.7. The van der Waals surface area contributed by atoms with E-state index in [1.807, 2.05) is 50.4 Å². The fraction of sp³-hybridized carbons (Fsp3) is 0.350. The van der Waals surface area contributed by atoms with Crippen molar-refractivity contribution >= 4 is 23.4 Å². The van der Waals surface area contributed by atoms with Crippen LogP contribution in [0.2, 0.25) is 0 Å². The first kappa shape index (κ1) is 18.8. The Morgan fingerprint density at radius 1 is 1.23 bits per heavy atom. The minimum atomic E-state index is -1.11. The number of carbonyl (C=O) groups excluding carboxylic acids is 1. The van der Waals surface area contributed by atoms with Gasteiger partial charge in [-0.3, -0.25) is 4.79 Å². The van der Waals surface area contributed by atoms with Gasteiger partial charge >= 0.3 is 0 Å². The Morgan fingerprint density at radius 2 is 1.96 bits per heavy atom. The summed E-state index contributed by atoms with van der Waals surface area (Å²) in [6.45, 7) is 3.20. The van der Waals surface area contributed by atoms with Crippen molar-refractivity contribution in [3.63, 3.8) is 0 Å². The number of carbonyl (C=O) groups is 1. The van der Waals surface area contributed by atoms with Crippen LogP contribution in [0.1, 0.15) is 16.4 Å². The highest BCUT2D eigenvalue weighted by atomic mass is 32.2. The van der Waals surface area contributed by atoms with Gasteiger partial charge in [-0.2, -0.15) is 0 Å². The van der Waals surface area contributed by atoms with Gasteiger partial charge in [0, 0.05) is 18.0 Å². The van der Waals surface area contributed by atoms with Crippen LogP contribution in [0.3, 0.4) is 0 Å². The van der Waals surface area contributed by atoms with Gasteiger partial charge in [0.05, 0.1) is 18.0 Å². The largest absolute Gasteiger partial charge is 0.497 e. The molecular weight excluding hydrogens is 348 g/mol. The highest BCUT2D eigenvalue weighted by Gasteiger charge is 2.37. The van der Waals surface area contributed by atoms with Gasteiger partial charge in [-0.25, -0.2) is 0 Å². The highest BCUT2D eigenvalue weighted by Crippen LogP contribution is 2.46. The zero-order valence-electron chi connectivity index (χ0n) is 15.2. The first-order valence-corrected chi connectivity index (χ1v) is 9.48. The molecule has 3 rings (SSSR count). The van der Waals surface area contributed by atoms with Gasteiger partial charge in [0.15, 0.2) is 0 Å². The Bertz CT molecular complexity index is 779. The fourth-order valence-corrected chi connectivity index (χ4v) is 4.41. The van der Waals surface area contributed by atoms with E-state index in [4.69, 9.17) is 4.74 Å². The molecule has 1 heterocycles. The Kier molecular flexibility index (Phi) is 5.86. The molecule has 0 spiro atoms. The van der Waals surface area contributed by atoms with Crippen LogP contribution < -0.4 is 15.0 Å². The number of likely N-dealkylation sites (N-methyl/N-ethyl adjacent to an activating group) is 1. The van der Waals surface area contributed by atoms with Crippen molar-refractivity contribution in [2.45, 2.75) is 23.2 Å². The summed E-state index contributed by atoms with van der Waals surface area (Å²) in [6, 6.07) is 13.6.